The minimum absolute atomic E-state index is 0.197. The lowest BCUT2D eigenvalue weighted by Crippen LogP contribution is -2.58. The molecule has 7 nitrogen and oxygen atoms in total. The third-order valence-corrected chi connectivity index (χ3v) is 5.82. The number of aromatic nitrogens is 2. The monoisotopic (exact) mass is 410 g/mol. The zero-order chi connectivity index (χ0) is 21.0. The molecule has 0 saturated carbocycles. The van der Waals surface area contributed by atoms with E-state index in [-0.39, 0.29) is 31.0 Å². The maximum Gasteiger partial charge on any atom is 0.274 e. The lowest BCUT2D eigenvalue weighted by atomic mass is 9.85. The number of carbonyl (C=O) groups is 2. The average molecular weight is 410 g/mol. The Labute approximate surface area is 169 Å². The Morgan fingerprint density at radius 2 is 2.03 bits per heavy atom. The van der Waals surface area contributed by atoms with Crippen LogP contribution in [0.25, 0.3) is 0 Å². The molecule has 2 aliphatic rings. The second-order valence-corrected chi connectivity index (χ2v) is 7.36. The SMILES string of the molecule is Cc1nocc1C(=O)N1CCN2C(=O)c3ncccc3CC12c1ccc(F)c(F)c1. The summed E-state index contributed by atoms with van der Waals surface area (Å²) < 4.78 is 32.8. The Morgan fingerprint density at radius 3 is 2.77 bits per heavy atom. The fraction of sp³-hybridized carbons (Fsp3) is 0.238. The first-order chi connectivity index (χ1) is 14.4. The van der Waals surface area contributed by atoms with Gasteiger partial charge in [0.15, 0.2) is 11.6 Å². The second-order valence-electron chi connectivity index (χ2n) is 7.36. The summed E-state index contributed by atoms with van der Waals surface area (Å²) in [6.45, 7) is 2.08. The van der Waals surface area contributed by atoms with E-state index in [0.29, 0.717) is 22.5 Å². The quantitative estimate of drug-likeness (QED) is 0.649. The van der Waals surface area contributed by atoms with Crippen molar-refractivity contribution in [3.05, 3.63) is 82.5 Å². The molecule has 5 rings (SSSR count). The number of halogens is 2. The zero-order valence-corrected chi connectivity index (χ0v) is 15.9. The van der Waals surface area contributed by atoms with Gasteiger partial charge in [-0.3, -0.25) is 14.6 Å². The number of hydrogen-bond acceptors (Lipinski definition) is 5. The van der Waals surface area contributed by atoms with Crippen LogP contribution in [0.2, 0.25) is 0 Å². The first kappa shape index (κ1) is 18.4. The molecule has 152 valence electrons. The van der Waals surface area contributed by atoms with Crippen molar-refractivity contribution in [2.24, 2.45) is 0 Å². The van der Waals surface area contributed by atoms with Gasteiger partial charge in [-0.2, -0.15) is 0 Å². The highest BCUT2D eigenvalue weighted by atomic mass is 19.2. The van der Waals surface area contributed by atoms with Crippen molar-refractivity contribution in [2.45, 2.75) is 19.0 Å². The Morgan fingerprint density at radius 1 is 1.20 bits per heavy atom. The molecular formula is C21H16F2N4O3. The molecule has 1 atom stereocenters. The van der Waals surface area contributed by atoms with Crippen molar-refractivity contribution >= 4 is 11.8 Å². The van der Waals surface area contributed by atoms with Crippen molar-refractivity contribution in [3.8, 4) is 0 Å². The molecule has 1 unspecified atom stereocenters. The van der Waals surface area contributed by atoms with Crippen LogP contribution >= 0.6 is 0 Å². The van der Waals surface area contributed by atoms with Gasteiger partial charge < -0.3 is 14.3 Å². The molecule has 1 fully saturated rings. The van der Waals surface area contributed by atoms with Crippen molar-refractivity contribution < 1.29 is 22.9 Å². The number of fused-ring (bicyclic) bond motifs is 2. The Bertz CT molecular complexity index is 1190. The van der Waals surface area contributed by atoms with Crippen LogP contribution in [0.15, 0.2) is 47.3 Å². The largest absolute Gasteiger partial charge is 0.364 e. The predicted octanol–water partition coefficient (Wildman–Crippen LogP) is 2.66. The molecule has 0 N–H and O–H groups in total. The number of amides is 2. The summed E-state index contributed by atoms with van der Waals surface area (Å²) in [6.07, 6.45) is 2.98. The fourth-order valence-electron chi connectivity index (χ4n) is 4.41. The van der Waals surface area contributed by atoms with Crippen LogP contribution < -0.4 is 0 Å². The van der Waals surface area contributed by atoms with Gasteiger partial charge in [-0.05, 0) is 30.7 Å². The zero-order valence-electron chi connectivity index (χ0n) is 15.9. The van der Waals surface area contributed by atoms with E-state index >= 15 is 0 Å². The summed E-state index contributed by atoms with van der Waals surface area (Å²) >= 11 is 0. The molecule has 0 spiro atoms. The highest BCUT2D eigenvalue weighted by molar-refractivity contribution is 5.99. The van der Waals surface area contributed by atoms with Crippen molar-refractivity contribution in [3.63, 3.8) is 0 Å². The first-order valence-corrected chi connectivity index (χ1v) is 9.38. The molecule has 1 aromatic carbocycles. The maximum atomic E-state index is 14.2. The number of rotatable bonds is 2. The summed E-state index contributed by atoms with van der Waals surface area (Å²) in [4.78, 5) is 33.9. The average Bonchev–Trinajstić information content (AvgIpc) is 3.34. The molecule has 30 heavy (non-hydrogen) atoms. The van der Waals surface area contributed by atoms with Crippen LogP contribution in [-0.2, 0) is 12.1 Å². The summed E-state index contributed by atoms with van der Waals surface area (Å²) in [7, 11) is 0. The van der Waals surface area contributed by atoms with Crippen molar-refractivity contribution in [1.82, 2.24) is 19.9 Å². The van der Waals surface area contributed by atoms with Gasteiger partial charge in [-0.15, -0.1) is 0 Å². The topological polar surface area (TPSA) is 79.5 Å². The first-order valence-electron chi connectivity index (χ1n) is 9.38. The van der Waals surface area contributed by atoms with Gasteiger partial charge in [-0.1, -0.05) is 17.3 Å². The highest BCUT2D eigenvalue weighted by Crippen LogP contribution is 2.45. The minimum atomic E-state index is -1.32. The standard InChI is InChI=1S/C21H16F2N4O3/c1-12-15(11-30-25-12)19(28)26-7-8-27-20(29)18-13(3-2-6-24-18)10-21(26,27)14-4-5-16(22)17(23)9-14/h2-6,9,11H,7-8,10H2,1H3. The molecule has 1 saturated heterocycles. The van der Waals surface area contributed by atoms with E-state index in [1.54, 1.807) is 19.1 Å². The molecule has 2 aromatic heterocycles. The lowest BCUT2D eigenvalue weighted by molar-refractivity contribution is 0.00690. The summed E-state index contributed by atoms with van der Waals surface area (Å²) in [5, 5.41) is 3.76. The van der Waals surface area contributed by atoms with Gasteiger partial charge >= 0.3 is 0 Å². The second kappa shape index (κ2) is 6.45. The maximum absolute atomic E-state index is 14.2. The van der Waals surface area contributed by atoms with E-state index in [1.165, 1.54) is 28.3 Å². The normalized spacial score (nSPS) is 20.3. The third-order valence-electron chi connectivity index (χ3n) is 5.82. The number of pyridine rings is 1. The number of hydrogen-bond donors (Lipinski definition) is 0. The number of benzene rings is 1. The van der Waals surface area contributed by atoms with E-state index in [1.807, 2.05) is 0 Å². The number of aryl methyl sites for hydroxylation is 1. The molecule has 2 aliphatic heterocycles. The predicted molar refractivity (Wildman–Crippen MR) is 99.3 cm³/mol. The van der Waals surface area contributed by atoms with Crippen LogP contribution in [-0.4, -0.2) is 44.8 Å². The summed E-state index contributed by atoms with van der Waals surface area (Å²) in [5.74, 6) is -2.82. The summed E-state index contributed by atoms with van der Waals surface area (Å²) in [5.41, 5.74) is 0.578. The lowest BCUT2D eigenvalue weighted by Gasteiger charge is -2.46. The van der Waals surface area contributed by atoms with Gasteiger partial charge in [0.05, 0.1) is 5.69 Å². The van der Waals surface area contributed by atoms with E-state index in [0.717, 1.165) is 12.1 Å². The fourth-order valence-corrected chi connectivity index (χ4v) is 4.41. The molecule has 0 bridgehead atoms. The molecule has 3 aromatic rings. The molecular weight excluding hydrogens is 394 g/mol. The van der Waals surface area contributed by atoms with Crippen LogP contribution in [0, 0.1) is 18.6 Å². The van der Waals surface area contributed by atoms with Crippen LogP contribution in [0.5, 0.6) is 0 Å². The van der Waals surface area contributed by atoms with Gasteiger partial charge in [-0.25, -0.2) is 8.78 Å². The highest BCUT2D eigenvalue weighted by Gasteiger charge is 2.56. The smallest absolute Gasteiger partial charge is 0.274 e. The summed E-state index contributed by atoms with van der Waals surface area (Å²) in [6, 6.07) is 6.92. The van der Waals surface area contributed by atoms with Crippen LogP contribution in [0.3, 0.4) is 0 Å². The Balaban J connectivity index is 1.73. The van der Waals surface area contributed by atoms with Gasteiger partial charge in [0, 0.05) is 31.3 Å². The van der Waals surface area contributed by atoms with Gasteiger partial charge in [0.25, 0.3) is 11.8 Å². The van der Waals surface area contributed by atoms with Gasteiger partial charge in [0.2, 0.25) is 0 Å². The van der Waals surface area contributed by atoms with E-state index in [4.69, 9.17) is 4.52 Å². The molecule has 0 radical (unpaired) electrons. The van der Waals surface area contributed by atoms with E-state index in [2.05, 4.69) is 10.1 Å². The van der Waals surface area contributed by atoms with E-state index < -0.39 is 23.2 Å². The van der Waals surface area contributed by atoms with Gasteiger partial charge in [0.1, 0.15) is 23.2 Å². The number of nitrogens with zero attached hydrogens (tertiary/aromatic N) is 4. The van der Waals surface area contributed by atoms with Crippen molar-refractivity contribution in [2.75, 3.05) is 13.1 Å². The number of carbonyl (C=O) groups excluding carboxylic acids is 2. The Kier molecular flexibility index (Phi) is 3.96. The molecule has 4 heterocycles. The molecule has 2 amide bonds. The molecule has 9 heteroatoms. The van der Waals surface area contributed by atoms with Crippen LogP contribution in [0.4, 0.5) is 8.78 Å². The van der Waals surface area contributed by atoms with Crippen molar-refractivity contribution in [1.29, 1.82) is 0 Å². The molecule has 0 aliphatic carbocycles. The minimum Gasteiger partial charge on any atom is -0.364 e. The van der Waals surface area contributed by atoms with Crippen LogP contribution in [0.1, 0.15) is 37.7 Å². The van der Waals surface area contributed by atoms with E-state index in [9.17, 15) is 18.4 Å². The third kappa shape index (κ3) is 2.41. The Hall–Kier alpha value is -3.62.